The molecule has 0 heterocycles. The highest BCUT2D eigenvalue weighted by atomic mass is 16.5. The zero-order chi connectivity index (χ0) is 20.9. The van der Waals surface area contributed by atoms with Crippen LogP contribution in [0.15, 0.2) is 48.5 Å². The van der Waals surface area contributed by atoms with E-state index in [0.29, 0.717) is 11.4 Å². The zero-order valence-electron chi connectivity index (χ0n) is 17.3. The Balaban J connectivity index is 1.68. The van der Waals surface area contributed by atoms with Gasteiger partial charge in [-0.25, -0.2) is 0 Å². The molecule has 156 valence electrons. The molecule has 0 aliphatic rings. The van der Waals surface area contributed by atoms with E-state index in [1.54, 1.807) is 24.3 Å². The van der Waals surface area contributed by atoms with Crippen LogP contribution in [0.4, 0.5) is 17.1 Å². The summed E-state index contributed by atoms with van der Waals surface area (Å²) in [5.41, 5.74) is 2.22. The van der Waals surface area contributed by atoms with E-state index in [1.807, 2.05) is 24.3 Å². The molecule has 2 rings (SSSR count). The van der Waals surface area contributed by atoms with Gasteiger partial charge in [0.25, 0.3) is 0 Å². The fourth-order valence-corrected chi connectivity index (χ4v) is 2.79. The first-order valence-corrected chi connectivity index (χ1v) is 10.2. The van der Waals surface area contributed by atoms with Gasteiger partial charge in [0.1, 0.15) is 5.75 Å². The van der Waals surface area contributed by atoms with Gasteiger partial charge in [-0.3, -0.25) is 9.59 Å². The van der Waals surface area contributed by atoms with Gasteiger partial charge < -0.3 is 20.7 Å². The third kappa shape index (κ3) is 9.14. The number of benzene rings is 2. The minimum atomic E-state index is -0.148. The number of hydrogen-bond donors (Lipinski definition) is 3. The van der Waals surface area contributed by atoms with Crippen molar-refractivity contribution >= 4 is 28.9 Å². The number of unbranched alkanes of at least 4 members (excludes halogenated alkanes) is 4. The van der Waals surface area contributed by atoms with E-state index in [2.05, 4.69) is 22.9 Å². The normalized spacial score (nSPS) is 10.3. The Hall–Kier alpha value is -3.02. The third-order valence-electron chi connectivity index (χ3n) is 4.31. The lowest BCUT2D eigenvalue weighted by atomic mass is 10.2. The van der Waals surface area contributed by atoms with Crippen molar-refractivity contribution in [2.45, 2.75) is 46.0 Å². The van der Waals surface area contributed by atoms with Gasteiger partial charge in [0.2, 0.25) is 11.8 Å². The Bertz CT molecular complexity index is 758. The van der Waals surface area contributed by atoms with Crippen molar-refractivity contribution in [2.75, 3.05) is 29.1 Å². The molecule has 3 N–H and O–H groups in total. The van der Waals surface area contributed by atoms with E-state index in [1.165, 1.54) is 32.6 Å². The summed E-state index contributed by atoms with van der Waals surface area (Å²) in [7, 11) is 0. The summed E-state index contributed by atoms with van der Waals surface area (Å²) < 4.78 is 5.75. The third-order valence-corrected chi connectivity index (χ3v) is 4.31. The molecule has 2 aromatic rings. The average molecular weight is 398 g/mol. The minimum Gasteiger partial charge on any atom is -0.494 e. The molecule has 0 saturated heterocycles. The Morgan fingerprint density at radius 2 is 1.38 bits per heavy atom. The van der Waals surface area contributed by atoms with Gasteiger partial charge in [0.15, 0.2) is 0 Å². The predicted octanol–water partition coefficient (Wildman–Crippen LogP) is 5.04. The Kier molecular flexibility index (Phi) is 9.55. The number of rotatable bonds is 12. The van der Waals surface area contributed by atoms with Gasteiger partial charge in [0.05, 0.1) is 13.2 Å². The van der Waals surface area contributed by atoms with Crippen LogP contribution in [0.2, 0.25) is 0 Å². The highest BCUT2D eigenvalue weighted by Gasteiger charge is 2.03. The number of ether oxygens (including phenoxy) is 1. The highest BCUT2D eigenvalue weighted by Crippen LogP contribution is 2.17. The summed E-state index contributed by atoms with van der Waals surface area (Å²) in [4.78, 5) is 23.1. The smallest absolute Gasteiger partial charge is 0.243 e. The maximum absolute atomic E-state index is 12.1. The summed E-state index contributed by atoms with van der Waals surface area (Å²) in [5.74, 6) is 0.564. The Morgan fingerprint density at radius 1 is 0.793 bits per heavy atom. The van der Waals surface area contributed by atoms with E-state index < -0.39 is 0 Å². The van der Waals surface area contributed by atoms with E-state index >= 15 is 0 Å². The van der Waals surface area contributed by atoms with Gasteiger partial charge in [0, 0.05) is 24.0 Å². The van der Waals surface area contributed by atoms with Crippen LogP contribution in [0.25, 0.3) is 0 Å². The van der Waals surface area contributed by atoms with Crippen LogP contribution in [0.3, 0.4) is 0 Å². The molecule has 29 heavy (non-hydrogen) atoms. The topological polar surface area (TPSA) is 79.5 Å². The van der Waals surface area contributed by atoms with E-state index in [4.69, 9.17) is 4.74 Å². The van der Waals surface area contributed by atoms with Crippen molar-refractivity contribution < 1.29 is 14.3 Å². The van der Waals surface area contributed by atoms with E-state index in [-0.39, 0.29) is 18.4 Å². The summed E-state index contributed by atoms with van der Waals surface area (Å²) >= 11 is 0. The first-order chi connectivity index (χ1) is 14.1. The van der Waals surface area contributed by atoms with Gasteiger partial charge >= 0.3 is 0 Å². The SMILES string of the molecule is CCCCCCCOc1ccc(NCC(=O)Nc2ccc(NC(C)=O)cc2)cc1. The molecular formula is C23H31N3O3. The number of carbonyl (C=O) groups is 2. The second-order valence-corrected chi connectivity index (χ2v) is 6.95. The average Bonchev–Trinajstić information content (AvgIpc) is 2.71. The number of anilines is 3. The molecule has 2 amide bonds. The minimum absolute atomic E-state index is 0.130. The van der Waals surface area contributed by atoms with Crippen LogP contribution < -0.4 is 20.7 Å². The molecule has 0 unspecified atom stereocenters. The lowest BCUT2D eigenvalue weighted by molar-refractivity contribution is -0.115. The predicted molar refractivity (Wildman–Crippen MR) is 119 cm³/mol. The Labute approximate surface area is 173 Å². The zero-order valence-corrected chi connectivity index (χ0v) is 17.3. The lowest BCUT2D eigenvalue weighted by Gasteiger charge is -2.10. The molecule has 0 aliphatic heterocycles. The summed E-state index contributed by atoms with van der Waals surface area (Å²) in [6.07, 6.45) is 6.09. The summed E-state index contributed by atoms with van der Waals surface area (Å²) in [6.45, 7) is 4.56. The van der Waals surface area contributed by atoms with Gasteiger partial charge in [-0.15, -0.1) is 0 Å². The number of carbonyl (C=O) groups excluding carboxylic acids is 2. The second kappa shape index (κ2) is 12.4. The van der Waals surface area contributed by atoms with Crippen molar-refractivity contribution in [1.82, 2.24) is 0 Å². The standard InChI is InChI=1S/C23H31N3O3/c1-3-4-5-6-7-16-29-22-14-12-19(13-15-22)24-17-23(28)26-21-10-8-20(9-11-21)25-18(2)27/h8-15,24H,3-7,16-17H2,1-2H3,(H,25,27)(H,26,28). The Morgan fingerprint density at radius 3 is 2.00 bits per heavy atom. The number of amides is 2. The van der Waals surface area contributed by atoms with Crippen LogP contribution in [0.5, 0.6) is 5.75 Å². The second-order valence-electron chi connectivity index (χ2n) is 6.95. The number of hydrogen-bond acceptors (Lipinski definition) is 4. The van der Waals surface area contributed by atoms with Crippen molar-refractivity contribution in [3.05, 3.63) is 48.5 Å². The maximum atomic E-state index is 12.1. The molecular weight excluding hydrogens is 366 g/mol. The molecule has 6 nitrogen and oxygen atoms in total. The molecule has 0 radical (unpaired) electrons. The number of nitrogens with one attached hydrogen (secondary N) is 3. The van der Waals surface area contributed by atoms with Gasteiger partial charge in [-0.05, 0) is 55.0 Å². The van der Waals surface area contributed by atoms with Crippen LogP contribution >= 0.6 is 0 Å². The maximum Gasteiger partial charge on any atom is 0.243 e. The van der Waals surface area contributed by atoms with E-state index in [9.17, 15) is 9.59 Å². The van der Waals surface area contributed by atoms with Crippen LogP contribution in [-0.2, 0) is 9.59 Å². The quantitative estimate of drug-likeness (QED) is 0.438. The first kappa shape index (κ1) is 22.3. The largest absolute Gasteiger partial charge is 0.494 e. The van der Waals surface area contributed by atoms with Crippen molar-refractivity contribution in [3.63, 3.8) is 0 Å². The van der Waals surface area contributed by atoms with Crippen LogP contribution in [0.1, 0.15) is 46.0 Å². The van der Waals surface area contributed by atoms with Crippen LogP contribution in [-0.4, -0.2) is 25.0 Å². The fourth-order valence-electron chi connectivity index (χ4n) is 2.79. The molecule has 0 atom stereocenters. The van der Waals surface area contributed by atoms with Crippen molar-refractivity contribution in [1.29, 1.82) is 0 Å². The fraction of sp³-hybridized carbons (Fsp3) is 0.391. The first-order valence-electron chi connectivity index (χ1n) is 10.2. The van der Waals surface area contributed by atoms with Crippen molar-refractivity contribution in [3.8, 4) is 5.75 Å². The monoisotopic (exact) mass is 397 g/mol. The molecule has 0 spiro atoms. The highest BCUT2D eigenvalue weighted by molar-refractivity contribution is 5.94. The molecule has 0 aliphatic carbocycles. The van der Waals surface area contributed by atoms with Crippen LogP contribution in [0, 0.1) is 0 Å². The molecule has 0 saturated carbocycles. The van der Waals surface area contributed by atoms with Gasteiger partial charge in [-0.2, -0.15) is 0 Å². The molecule has 0 bridgehead atoms. The van der Waals surface area contributed by atoms with Crippen molar-refractivity contribution in [2.24, 2.45) is 0 Å². The molecule has 0 fully saturated rings. The molecule has 0 aromatic heterocycles. The molecule has 2 aromatic carbocycles. The summed E-state index contributed by atoms with van der Waals surface area (Å²) in [5, 5.41) is 8.60. The summed E-state index contributed by atoms with van der Waals surface area (Å²) in [6, 6.07) is 14.6. The van der Waals surface area contributed by atoms with E-state index in [0.717, 1.165) is 24.5 Å². The van der Waals surface area contributed by atoms with Gasteiger partial charge in [-0.1, -0.05) is 32.6 Å². The molecule has 6 heteroatoms. The lowest BCUT2D eigenvalue weighted by Crippen LogP contribution is -2.21.